The average molecular weight is 504 g/mol. The van der Waals surface area contributed by atoms with Gasteiger partial charge in [0.25, 0.3) is 11.5 Å². The Morgan fingerprint density at radius 1 is 1.30 bits per heavy atom. The van der Waals surface area contributed by atoms with Gasteiger partial charge in [0, 0.05) is 31.1 Å². The van der Waals surface area contributed by atoms with E-state index in [-0.39, 0.29) is 11.5 Å². The molecule has 37 heavy (non-hydrogen) atoms. The van der Waals surface area contributed by atoms with Crippen molar-refractivity contribution in [1.29, 1.82) is 5.26 Å². The lowest BCUT2D eigenvalue weighted by molar-refractivity contribution is 0.0783. The molecule has 3 heterocycles. The summed E-state index contributed by atoms with van der Waals surface area (Å²) in [4.78, 5) is 36.5. The van der Waals surface area contributed by atoms with Crippen molar-refractivity contribution in [3.63, 3.8) is 0 Å². The molecule has 1 amide bonds. The molecule has 3 aromatic rings. The second-order valence-electron chi connectivity index (χ2n) is 9.30. The highest BCUT2D eigenvalue weighted by molar-refractivity contribution is 5.96. The number of benzene rings is 1. The van der Waals surface area contributed by atoms with Crippen LogP contribution in [0.25, 0.3) is 0 Å². The number of aryl methyl sites for hydroxylation is 1. The molecule has 0 saturated carbocycles. The Morgan fingerprint density at radius 3 is 2.78 bits per heavy atom. The van der Waals surface area contributed by atoms with Crippen molar-refractivity contribution in [2.24, 2.45) is 0 Å². The van der Waals surface area contributed by atoms with Crippen LogP contribution in [-0.4, -0.2) is 43.5 Å². The van der Waals surface area contributed by atoms with E-state index in [0.717, 1.165) is 24.6 Å². The Morgan fingerprint density at radius 2 is 2.11 bits per heavy atom. The molecule has 1 aliphatic rings. The Balaban J connectivity index is 1.73. The maximum Gasteiger partial charge on any atom is 0.289 e. The third-order valence-electron chi connectivity index (χ3n) is 6.89. The standard InChI is InChI=1S/C28H30FN5O3/c1-3-5-9-24-32-26(35)25(27(36)33-13-12-20(17-33)22-11-10-21(29)16-31-22)28(37)34(24)23(4-2)19-8-6-7-18(14-19)15-30/h6-8,10-11,14,16,20,23,37H,3-5,9,12-13,17H2,1-2H3. The van der Waals surface area contributed by atoms with Crippen LogP contribution in [0.5, 0.6) is 5.88 Å². The number of pyridine rings is 1. The van der Waals surface area contributed by atoms with Gasteiger partial charge in [-0.1, -0.05) is 32.4 Å². The molecule has 192 valence electrons. The highest BCUT2D eigenvalue weighted by Crippen LogP contribution is 2.32. The normalized spacial score (nSPS) is 15.9. The second-order valence-corrected chi connectivity index (χ2v) is 9.30. The molecule has 0 radical (unpaired) electrons. The molecule has 2 atom stereocenters. The van der Waals surface area contributed by atoms with Gasteiger partial charge in [0.15, 0.2) is 5.56 Å². The molecule has 0 aliphatic carbocycles. The second kappa shape index (κ2) is 11.3. The summed E-state index contributed by atoms with van der Waals surface area (Å²) in [5, 5.41) is 20.8. The lowest BCUT2D eigenvalue weighted by atomic mass is 10.0. The van der Waals surface area contributed by atoms with Crippen molar-refractivity contribution >= 4 is 5.91 Å². The van der Waals surface area contributed by atoms with Crippen molar-refractivity contribution in [3.05, 3.63) is 87.0 Å². The van der Waals surface area contributed by atoms with E-state index >= 15 is 0 Å². The van der Waals surface area contributed by atoms with E-state index in [0.29, 0.717) is 49.4 Å². The first-order valence-electron chi connectivity index (χ1n) is 12.6. The van der Waals surface area contributed by atoms with Crippen LogP contribution in [0.2, 0.25) is 0 Å². The van der Waals surface area contributed by atoms with E-state index < -0.39 is 29.2 Å². The summed E-state index contributed by atoms with van der Waals surface area (Å²) in [6, 6.07) is 11.7. The predicted molar refractivity (Wildman–Crippen MR) is 136 cm³/mol. The summed E-state index contributed by atoms with van der Waals surface area (Å²) in [6.07, 6.45) is 4.39. The van der Waals surface area contributed by atoms with Crippen molar-refractivity contribution < 1.29 is 14.3 Å². The van der Waals surface area contributed by atoms with Crippen LogP contribution < -0.4 is 5.56 Å². The van der Waals surface area contributed by atoms with Crippen molar-refractivity contribution in [2.45, 2.75) is 57.9 Å². The maximum atomic E-state index is 13.5. The summed E-state index contributed by atoms with van der Waals surface area (Å²) in [5.74, 6) is -1.11. The van der Waals surface area contributed by atoms with E-state index in [1.807, 2.05) is 19.9 Å². The predicted octanol–water partition coefficient (Wildman–Crippen LogP) is 4.33. The summed E-state index contributed by atoms with van der Waals surface area (Å²) >= 11 is 0. The molecule has 4 rings (SSSR count). The van der Waals surface area contributed by atoms with Gasteiger partial charge in [-0.15, -0.1) is 0 Å². The number of hydrogen-bond donors (Lipinski definition) is 1. The van der Waals surface area contributed by atoms with E-state index in [1.165, 1.54) is 11.0 Å². The van der Waals surface area contributed by atoms with Crippen LogP contribution in [0, 0.1) is 17.1 Å². The molecule has 1 aromatic carbocycles. The van der Waals surface area contributed by atoms with Crippen LogP contribution in [0.1, 0.15) is 84.5 Å². The quantitative estimate of drug-likeness (QED) is 0.490. The number of halogens is 1. The topological polar surface area (TPSA) is 112 Å². The molecule has 1 N–H and O–H groups in total. The highest BCUT2D eigenvalue weighted by atomic mass is 19.1. The lowest BCUT2D eigenvalue weighted by Gasteiger charge is -2.26. The number of rotatable bonds is 8. The molecule has 1 fully saturated rings. The Hall–Kier alpha value is -4.06. The Bertz CT molecular complexity index is 1380. The van der Waals surface area contributed by atoms with E-state index in [1.54, 1.807) is 28.8 Å². The van der Waals surface area contributed by atoms with Gasteiger partial charge >= 0.3 is 0 Å². The number of nitriles is 1. The first-order chi connectivity index (χ1) is 17.9. The largest absolute Gasteiger partial charge is 0.494 e. The fraction of sp³-hybridized carbons (Fsp3) is 0.393. The monoisotopic (exact) mass is 503 g/mol. The molecule has 2 aromatic heterocycles. The molecule has 0 spiro atoms. The number of aromatic nitrogens is 3. The number of unbranched alkanes of at least 4 members (excludes halogenated alkanes) is 1. The smallest absolute Gasteiger partial charge is 0.289 e. The molecule has 0 bridgehead atoms. The first kappa shape index (κ1) is 26.0. The lowest BCUT2D eigenvalue weighted by Crippen LogP contribution is -2.35. The molecular formula is C28H30FN5O3. The number of likely N-dealkylation sites (tertiary alicyclic amines) is 1. The van der Waals surface area contributed by atoms with Crippen molar-refractivity contribution in [3.8, 4) is 11.9 Å². The molecule has 1 aliphatic heterocycles. The van der Waals surface area contributed by atoms with Gasteiger partial charge in [-0.25, -0.2) is 4.39 Å². The number of aromatic hydroxyl groups is 1. The third-order valence-corrected chi connectivity index (χ3v) is 6.89. The molecule has 1 saturated heterocycles. The summed E-state index contributed by atoms with van der Waals surface area (Å²) in [6.45, 7) is 4.64. The van der Waals surface area contributed by atoms with Gasteiger partial charge in [-0.3, -0.25) is 19.1 Å². The number of amides is 1. The average Bonchev–Trinajstić information content (AvgIpc) is 3.40. The molecule has 8 nitrogen and oxygen atoms in total. The first-order valence-corrected chi connectivity index (χ1v) is 12.6. The maximum absolute atomic E-state index is 13.5. The van der Waals surface area contributed by atoms with Gasteiger partial charge < -0.3 is 10.0 Å². The minimum atomic E-state index is -0.756. The van der Waals surface area contributed by atoms with Crippen LogP contribution >= 0.6 is 0 Å². The zero-order valence-corrected chi connectivity index (χ0v) is 21.0. The van der Waals surface area contributed by atoms with Crippen LogP contribution in [0.4, 0.5) is 4.39 Å². The Kier molecular flexibility index (Phi) is 7.97. The van der Waals surface area contributed by atoms with Crippen LogP contribution in [0.15, 0.2) is 47.4 Å². The van der Waals surface area contributed by atoms with Crippen LogP contribution in [0.3, 0.4) is 0 Å². The van der Waals surface area contributed by atoms with Crippen LogP contribution in [-0.2, 0) is 6.42 Å². The molecule has 9 heteroatoms. The summed E-state index contributed by atoms with van der Waals surface area (Å²) in [7, 11) is 0. The van der Waals surface area contributed by atoms with Gasteiger partial charge in [-0.05, 0) is 49.1 Å². The van der Waals surface area contributed by atoms with Gasteiger partial charge in [0.2, 0.25) is 5.88 Å². The van der Waals surface area contributed by atoms with E-state index in [9.17, 15) is 24.3 Å². The molecule has 2 unspecified atom stereocenters. The number of nitrogens with zero attached hydrogens (tertiary/aromatic N) is 5. The number of hydrogen-bond acceptors (Lipinski definition) is 6. The highest BCUT2D eigenvalue weighted by Gasteiger charge is 2.34. The summed E-state index contributed by atoms with van der Waals surface area (Å²) in [5.41, 5.74) is 0.821. The van der Waals surface area contributed by atoms with Crippen molar-refractivity contribution in [2.75, 3.05) is 13.1 Å². The van der Waals surface area contributed by atoms with Gasteiger partial charge in [0.1, 0.15) is 11.6 Å². The zero-order chi connectivity index (χ0) is 26.5. The third kappa shape index (κ3) is 5.38. The minimum Gasteiger partial charge on any atom is -0.494 e. The van der Waals surface area contributed by atoms with Gasteiger partial charge in [0.05, 0.1) is 23.9 Å². The fourth-order valence-electron chi connectivity index (χ4n) is 4.95. The van der Waals surface area contributed by atoms with E-state index in [2.05, 4.69) is 16.0 Å². The van der Waals surface area contributed by atoms with Gasteiger partial charge in [-0.2, -0.15) is 10.2 Å². The van der Waals surface area contributed by atoms with E-state index in [4.69, 9.17) is 0 Å². The SMILES string of the molecule is CCCCc1nc(=O)c(C(=O)N2CCC(c3ccc(F)cn3)C2)c(O)n1C(CC)c1cccc(C#N)c1. The zero-order valence-electron chi connectivity index (χ0n) is 21.0. The Labute approximate surface area is 215 Å². The van der Waals surface area contributed by atoms with Crippen molar-refractivity contribution in [1.82, 2.24) is 19.4 Å². The summed E-state index contributed by atoms with van der Waals surface area (Å²) < 4.78 is 14.9. The molecular weight excluding hydrogens is 473 g/mol. The minimum absolute atomic E-state index is 0.0946. The fourth-order valence-corrected chi connectivity index (χ4v) is 4.95. The number of carbonyl (C=O) groups excluding carboxylic acids is 1. The number of carbonyl (C=O) groups is 1.